The van der Waals surface area contributed by atoms with Crippen LogP contribution in [0.25, 0.3) is 0 Å². The first-order valence-electron chi connectivity index (χ1n) is 7.40. The first-order chi connectivity index (χ1) is 10.1. The zero-order valence-electron chi connectivity index (χ0n) is 11.8. The minimum absolute atomic E-state index is 0.0510. The Labute approximate surface area is 129 Å². The molecule has 1 aromatic carbocycles. The predicted octanol–water partition coefficient (Wildman–Crippen LogP) is 2.17. The number of carbonyl (C=O) groups excluding carboxylic acids is 2. The van der Waals surface area contributed by atoms with Crippen molar-refractivity contribution < 1.29 is 9.59 Å². The minimum atomic E-state index is -0.248. The van der Waals surface area contributed by atoms with Crippen LogP contribution in [0.1, 0.15) is 30.7 Å². The fourth-order valence-electron chi connectivity index (χ4n) is 3.21. The fraction of sp³-hybridized carbons (Fsp3) is 0.500. The number of halogens is 1. The van der Waals surface area contributed by atoms with Gasteiger partial charge in [-0.2, -0.15) is 0 Å². The Kier molecular flexibility index (Phi) is 3.89. The van der Waals surface area contributed by atoms with Gasteiger partial charge < -0.3 is 10.6 Å². The minimum Gasteiger partial charge on any atom is -0.369 e. The number of nitrogens with zero attached hydrogens (tertiary/aromatic N) is 1. The lowest BCUT2D eigenvalue weighted by atomic mass is 9.96. The molecule has 3 rings (SSSR count). The molecule has 0 bridgehead atoms. The van der Waals surface area contributed by atoms with Crippen molar-refractivity contribution >= 4 is 23.4 Å². The summed E-state index contributed by atoms with van der Waals surface area (Å²) in [5.74, 6) is 0.174. The quantitative estimate of drug-likeness (QED) is 0.930. The average molecular weight is 307 g/mol. The molecule has 2 unspecified atom stereocenters. The summed E-state index contributed by atoms with van der Waals surface area (Å²) in [6.45, 7) is 1.27. The summed E-state index contributed by atoms with van der Waals surface area (Å²) in [5, 5.41) is 0.741. The van der Waals surface area contributed by atoms with Gasteiger partial charge in [-0.05, 0) is 36.8 Å². The molecule has 1 aromatic rings. The molecule has 4 nitrogen and oxygen atoms in total. The lowest BCUT2D eigenvalue weighted by Crippen LogP contribution is -2.42. The van der Waals surface area contributed by atoms with E-state index in [2.05, 4.69) is 0 Å². The molecule has 1 aliphatic heterocycles. The zero-order chi connectivity index (χ0) is 15.0. The van der Waals surface area contributed by atoms with E-state index in [-0.39, 0.29) is 29.6 Å². The Hall–Kier alpha value is -1.55. The highest BCUT2D eigenvalue weighted by molar-refractivity contribution is 6.31. The van der Waals surface area contributed by atoms with Crippen molar-refractivity contribution in [3.05, 3.63) is 34.9 Å². The van der Waals surface area contributed by atoms with Crippen LogP contribution in [0.3, 0.4) is 0 Å². The van der Waals surface area contributed by atoms with Gasteiger partial charge in [0, 0.05) is 29.9 Å². The van der Waals surface area contributed by atoms with Crippen LogP contribution in [0.15, 0.2) is 24.3 Å². The molecule has 1 heterocycles. The number of benzene rings is 1. The SMILES string of the molecule is NC(=O)C1CCN(C(=O)C2CC2c2ccccc2Cl)CC1. The van der Waals surface area contributed by atoms with Crippen LogP contribution in [-0.4, -0.2) is 29.8 Å². The number of hydrogen-bond donors (Lipinski definition) is 1. The molecule has 2 N–H and O–H groups in total. The number of carbonyl (C=O) groups is 2. The van der Waals surface area contributed by atoms with E-state index in [1.54, 1.807) is 0 Å². The third kappa shape index (κ3) is 2.91. The van der Waals surface area contributed by atoms with E-state index in [0.29, 0.717) is 25.9 Å². The smallest absolute Gasteiger partial charge is 0.226 e. The Morgan fingerprint density at radius 1 is 1.19 bits per heavy atom. The Morgan fingerprint density at radius 3 is 2.48 bits per heavy atom. The number of nitrogens with two attached hydrogens (primary N) is 1. The van der Waals surface area contributed by atoms with Gasteiger partial charge in [-0.1, -0.05) is 29.8 Å². The maximum Gasteiger partial charge on any atom is 0.226 e. The molecule has 2 amide bonds. The molecule has 2 fully saturated rings. The Bertz CT molecular complexity index is 567. The molecule has 0 aromatic heterocycles. The van der Waals surface area contributed by atoms with Crippen molar-refractivity contribution in [2.45, 2.75) is 25.2 Å². The molecule has 0 spiro atoms. The molecule has 2 aliphatic rings. The van der Waals surface area contributed by atoms with Crippen LogP contribution in [-0.2, 0) is 9.59 Å². The van der Waals surface area contributed by atoms with Gasteiger partial charge in [0.05, 0.1) is 0 Å². The van der Waals surface area contributed by atoms with Crippen LogP contribution in [0.2, 0.25) is 5.02 Å². The van der Waals surface area contributed by atoms with E-state index in [9.17, 15) is 9.59 Å². The lowest BCUT2D eigenvalue weighted by molar-refractivity contribution is -0.136. The molecule has 1 aliphatic carbocycles. The average Bonchev–Trinajstić information content (AvgIpc) is 3.27. The normalized spacial score (nSPS) is 25.7. The highest BCUT2D eigenvalue weighted by Crippen LogP contribution is 2.50. The van der Waals surface area contributed by atoms with Gasteiger partial charge in [-0.25, -0.2) is 0 Å². The van der Waals surface area contributed by atoms with E-state index in [4.69, 9.17) is 17.3 Å². The van der Waals surface area contributed by atoms with Gasteiger partial charge >= 0.3 is 0 Å². The number of likely N-dealkylation sites (tertiary alicyclic amines) is 1. The third-order valence-corrected chi connectivity index (χ3v) is 4.97. The van der Waals surface area contributed by atoms with Gasteiger partial charge in [0.25, 0.3) is 0 Å². The van der Waals surface area contributed by atoms with Crippen molar-refractivity contribution in [2.24, 2.45) is 17.6 Å². The van der Waals surface area contributed by atoms with E-state index in [1.807, 2.05) is 29.2 Å². The largest absolute Gasteiger partial charge is 0.369 e. The predicted molar refractivity (Wildman–Crippen MR) is 80.8 cm³/mol. The van der Waals surface area contributed by atoms with E-state index < -0.39 is 0 Å². The lowest BCUT2D eigenvalue weighted by Gasteiger charge is -2.30. The van der Waals surface area contributed by atoms with Crippen LogP contribution in [0, 0.1) is 11.8 Å². The van der Waals surface area contributed by atoms with Gasteiger partial charge in [-0.3, -0.25) is 9.59 Å². The van der Waals surface area contributed by atoms with Crippen LogP contribution >= 0.6 is 11.6 Å². The molecular weight excluding hydrogens is 288 g/mol. The van der Waals surface area contributed by atoms with Crippen LogP contribution < -0.4 is 5.73 Å². The van der Waals surface area contributed by atoms with E-state index in [0.717, 1.165) is 17.0 Å². The number of hydrogen-bond acceptors (Lipinski definition) is 2. The second-order valence-electron chi connectivity index (χ2n) is 5.97. The molecule has 2 atom stereocenters. The standard InChI is InChI=1S/C16H19ClN2O2/c17-14-4-2-1-3-11(14)12-9-13(12)16(21)19-7-5-10(6-8-19)15(18)20/h1-4,10,12-13H,5-9H2,(H2,18,20). The van der Waals surface area contributed by atoms with Crippen molar-refractivity contribution in [3.63, 3.8) is 0 Å². The monoisotopic (exact) mass is 306 g/mol. The van der Waals surface area contributed by atoms with Gasteiger partial charge in [0.15, 0.2) is 0 Å². The molecule has 5 heteroatoms. The zero-order valence-corrected chi connectivity index (χ0v) is 12.6. The van der Waals surface area contributed by atoms with Crippen LogP contribution in [0.4, 0.5) is 0 Å². The third-order valence-electron chi connectivity index (χ3n) is 4.62. The molecule has 1 saturated heterocycles. The maximum absolute atomic E-state index is 12.5. The van der Waals surface area contributed by atoms with Crippen molar-refractivity contribution in [1.82, 2.24) is 4.90 Å². The van der Waals surface area contributed by atoms with Crippen LogP contribution in [0.5, 0.6) is 0 Å². The summed E-state index contributed by atoms with van der Waals surface area (Å²) >= 11 is 6.19. The summed E-state index contributed by atoms with van der Waals surface area (Å²) in [6.07, 6.45) is 2.24. The fourth-order valence-corrected chi connectivity index (χ4v) is 3.48. The second-order valence-corrected chi connectivity index (χ2v) is 6.38. The first-order valence-corrected chi connectivity index (χ1v) is 7.78. The van der Waals surface area contributed by atoms with Gasteiger partial charge in [0.1, 0.15) is 0 Å². The van der Waals surface area contributed by atoms with Gasteiger partial charge in [0.2, 0.25) is 11.8 Å². The number of primary amides is 1. The van der Waals surface area contributed by atoms with Gasteiger partial charge in [-0.15, -0.1) is 0 Å². The van der Waals surface area contributed by atoms with Crippen molar-refractivity contribution in [3.8, 4) is 0 Å². The number of amides is 2. The van der Waals surface area contributed by atoms with E-state index >= 15 is 0 Å². The van der Waals surface area contributed by atoms with Crippen molar-refractivity contribution in [1.29, 1.82) is 0 Å². The van der Waals surface area contributed by atoms with E-state index in [1.165, 1.54) is 0 Å². The topological polar surface area (TPSA) is 63.4 Å². The highest BCUT2D eigenvalue weighted by atomic mass is 35.5. The Morgan fingerprint density at radius 2 is 1.86 bits per heavy atom. The number of rotatable bonds is 3. The molecule has 0 radical (unpaired) electrons. The molecular formula is C16H19ClN2O2. The van der Waals surface area contributed by atoms with Crippen molar-refractivity contribution in [2.75, 3.05) is 13.1 Å². The summed E-state index contributed by atoms with van der Waals surface area (Å²) in [5.41, 5.74) is 6.39. The summed E-state index contributed by atoms with van der Waals surface area (Å²) in [7, 11) is 0. The summed E-state index contributed by atoms with van der Waals surface area (Å²) < 4.78 is 0. The molecule has 112 valence electrons. The molecule has 21 heavy (non-hydrogen) atoms. The summed E-state index contributed by atoms with van der Waals surface area (Å²) in [4.78, 5) is 25.5. The molecule has 1 saturated carbocycles. The number of piperidine rings is 1. The maximum atomic E-state index is 12.5. The first kappa shape index (κ1) is 14.4. The Balaban J connectivity index is 1.59. The highest BCUT2D eigenvalue weighted by Gasteiger charge is 2.46. The summed E-state index contributed by atoms with van der Waals surface area (Å²) in [6, 6.07) is 7.73. The second kappa shape index (κ2) is 5.68.